The molecule has 2 aromatic rings. The zero-order valence-electron chi connectivity index (χ0n) is 13.0. The van der Waals surface area contributed by atoms with E-state index in [1.165, 1.54) is 7.11 Å². The minimum atomic E-state index is -0.459. The molecule has 4 N–H and O–H groups in total. The zero-order chi connectivity index (χ0) is 17.5. The molecular weight excluding hydrogens is 352 g/mol. The van der Waals surface area contributed by atoms with Crippen LogP contribution in [0.2, 0.25) is 5.02 Å². The number of carbonyl (C=O) groups is 2. The summed E-state index contributed by atoms with van der Waals surface area (Å²) in [4.78, 5) is 24.4. The largest absolute Gasteiger partial charge is 0.395 e. The van der Waals surface area contributed by atoms with Gasteiger partial charge < -0.3 is 21.1 Å². The second-order valence-corrected chi connectivity index (χ2v) is 5.98. The summed E-state index contributed by atoms with van der Waals surface area (Å²) in [6.45, 7) is 0.973. The van der Waals surface area contributed by atoms with Crippen LogP contribution in [0.15, 0.2) is 24.3 Å². The molecule has 9 heteroatoms. The molecule has 0 atom stereocenters. The first kappa shape index (κ1) is 18.2. The van der Waals surface area contributed by atoms with Crippen molar-refractivity contribution in [2.75, 3.05) is 26.0 Å². The molecule has 24 heavy (non-hydrogen) atoms. The van der Waals surface area contributed by atoms with Crippen LogP contribution in [0.3, 0.4) is 0 Å². The number of nitrogens with zero attached hydrogens (tertiary/aromatic N) is 1. The van der Waals surface area contributed by atoms with Crippen LogP contribution in [0.25, 0.3) is 0 Å². The van der Waals surface area contributed by atoms with Gasteiger partial charge in [-0.1, -0.05) is 29.8 Å². The molecule has 0 saturated heterocycles. The Kier molecular flexibility index (Phi) is 6.53. The highest BCUT2D eigenvalue weighted by Gasteiger charge is 2.21. The van der Waals surface area contributed by atoms with Crippen LogP contribution in [0.1, 0.15) is 25.7 Å². The number of methoxy groups -OCH3 is 1. The smallest absolute Gasteiger partial charge is 0.273 e. The number of benzene rings is 1. The number of hydrogen-bond donors (Lipinski definition) is 3. The fourth-order valence-electron chi connectivity index (χ4n) is 1.87. The number of amides is 2. The lowest BCUT2D eigenvalue weighted by atomic mass is 10.2. The highest BCUT2D eigenvalue weighted by molar-refractivity contribution is 7.09. The van der Waals surface area contributed by atoms with Crippen molar-refractivity contribution < 1.29 is 14.3 Å². The molecule has 0 spiro atoms. The van der Waals surface area contributed by atoms with Crippen LogP contribution < -0.4 is 16.4 Å². The Balaban J connectivity index is 2.00. The SMILES string of the molecule is COCCNC(=O)c1snc(C(=O)NCc2ccccc2Cl)c1N. The normalized spacial score (nSPS) is 10.4. The van der Waals surface area contributed by atoms with Crippen molar-refractivity contribution in [3.63, 3.8) is 0 Å². The van der Waals surface area contributed by atoms with E-state index in [0.717, 1.165) is 17.1 Å². The first-order valence-corrected chi connectivity index (χ1v) is 8.23. The van der Waals surface area contributed by atoms with Crippen molar-refractivity contribution >= 4 is 40.6 Å². The molecule has 0 bridgehead atoms. The second kappa shape index (κ2) is 8.62. The minimum Gasteiger partial charge on any atom is -0.395 e. The van der Waals surface area contributed by atoms with E-state index in [0.29, 0.717) is 18.2 Å². The zero-order valence-corrected chi connectivity index (χ0v) is 14.5. The van der Waals surface area contributed by atoms with Crippen molar-refractivity contribution in [1.29, 1.82) is 0 Å². The number of carbonyl (C=O) groups excluding carboxylic acids is 2. The quantitative estimate of drug-likeness (QED) is 0.645. The summed E-state index contributed by atoms with van der Waals surface area (Å²) in [6.07, 6.45) is 0. The van der Waals surface area contributed by atoms with E-state index in [-0.39, 0.29) is 28.7 Å². The molecule has 1 aromatic heterocycles. The maximum atomic E-state index is 12.2. The third-order valence-electron chi connectivity index (χ3n) is 3.14. The van der Waals surface area contributed by atoms with E-state index in [4.69, 9.17) is 22.1 Å². The van der Waals surface area contributed by atoms with Crippen molar-refractivity contribution in [1.82, 2.24) is 15.0 Å². The molecule has 7 nitrogen and oxygen atoms in total. The number of nitrogen functional groups attached to an aromatic ring is 1. The summed E-state index contributed by atoms with van der Waals surface area (Å²) in [5.74, 6) is -0.841. The number of nitrogens with two attached hydrogens (primary N) is 1. The first-order valence-electron chi connectivity index (χ1n) is 7.08. The van der Waals surface area contributed by atoms with E-state index in [1.54, 1.807) is 12.1 Å². The Morgan fingerprint density at radius 3 is 2.75 bits per heavy atom. The number of ether oxygens (including phenoxy) is 1. The Morgan fingerprint density at radius 1 is 1.29 bits per heavy atom. The van der Waals surface area contributed by atoms with E-state index >= 15 is 0 Å². The molecule has 0 fully saturated rings. The number of hydrogen-bond acceptors (Lipinski definition) is 6. The van der Waals surface area contributed by atoms with Crippen LogP contribution in [0.4, 0.5) is 5.69 Å². The topological polar surface area (TPSA) is 106 Å². The van der Waals surface area contributed by atoms with Crippen molar-refractivity contribution in [2.45, 2.75) is 6.54 Å². The van der Waals surface area contributed by atoms with Gasteiger partial charge >= 0.3 is 0 Å². The van der Waals surface area contributed by atoms with Crippen LogP contribution in [-0.2, 0) is 11.3 Å². The van der Waals surface area contributed by atoms with Crippen molar-refractivity contribution in [3.05, 3.63) is 45.4 Å². The summed E-state index contributed by atoms with van der Waals surface area (Å²) in [7, 11) is 1.54. The van der Waals surface area contributed by atoms with Gasteiger partial charge in [0.1, 0.15) is 4.88 Å². The number of aromatic nitrogens is 1. The molecule has 0 aliphatic heterocycles. The predicted molar refractivity (Wildman–Crippen MR) is 93.4 cm³/mol. The van der Waals surface area contributed by atoms with Gasteiger partial charge in [-0.2, -0.15) is 4.37 Å². The summed E-state index contributed by atoms with van der Waals surface area (Å²) in [6, 6.07) is 7.18. The van der Waals surface area contributed by atoms with Gasteiger partial charge in [-0.3, -0.25) is 9.59 Å². The van der Waals surface area contributed by atoms with E-state index in [1.807, 2.05) is 12.1 Å². The molecule has 1 aromatic carbocycles. The molecule has 0 radical (unpaired) electrons. The average Bonchev–Trinajstić information content (AvgIpc) is 2.95. The third-order valence-corrected chi connectivity index (χ3v) is 4.37. The molecular formula is C15H17ClN4O3S. The Morgan fingerprint density at radius 2 is 2.04 bits per heavy atom. The lowest BCUT2D eigenvalue weighted by molar-refractivity contribution is 0.0940. The number of anilines is 1. The molecule has 0 saturated carbocycles. The van der Waals surface area contributed by atoms with Gasteiger partial charge in [-0.05, 0) is 23.2 Å². The maximum Gasteiger partial charge on any atom is 0.273 e. The van der Waals surface area contributed by atoms with Gasteiger partial charge in [-0.25, -0.2) is 0 Å². The lowest BCUT2D eigenvalue weighted by Crippen LogP contribution is -2.27. The molecule has 0 aliphatic carbocycles. The van der Waals surface area contributed by atoms with Gasteiger partial charge in [0.05, 0.1) is 12.3 Å². The van der Waals surface area contributed by atoms with Gasteiger partial charge in [0.25, 0.3) is 11.8 Å². The van der Waals surface area contributed by atoms with Gasteiger partial charge in [0, 0.05) is 25.2 Å². The molecule has 2 rings (SSSR count). The summed E-state index contributed by atoms with van der Waals surface area (Å²) in [5.41, 5.74) is 6.75. The monoisotopic (exact) mass is 368 g/mol. The highest BCUT2D eigenvalue weighted by Crippen LogP contribution is 2.22. The fourth-order valence-corrected chi connectivity index (χ4v) is 2.79. The van der Waals surface area contributed by atoms with Gasteiger partial charge in [0.15, 0.2) is 5.69 Å². The molecule has 128 valence electrons. The standard InChI is InChI=1S/C15H17ClN4O3S/c1-23-7-6-18-15(22)13-11(17)12(20-24-13)14(21)19-8-9-4-2-3-5-10(9)16/h2-5H,6-8,17H2,1H3,(H,18,22)(H,19,21). The van der Waals surface area contributed by atoms with Crippen molar-refractivity contribution in [3.8, 4) is 0 Å². The van der Waals surface area contributed by atoms with E-state index < -0.39 is 5.91 Å². The van der Waals surface area contributed by atoms with Gasteiger partial charge in [-0.15, -0.1) is 0 Å². The number of nitrogens with one attached hydrogen (secondary N) is 2. The third kappa shape index (κ3) is 4.44. The molecule has 2 amide bonds. The Bertz CT molecular complexity index is 735. The number of halogens is 1. The minimum absolute atomic E-state index is 0.0314. The maximum absolute atomic E-state index is 12.2. The fraction of sp³-hybridized carbons (Fsp3) is 0.267. The average molecular weight is 369 g/mol. The van der Waals surface area contributed by atoms with Crippen LogP contribution in [0, 0.1) is 0 Å². The lowest BCUT2D eigenvalue weighted by Gasteiger charge is -2.06. The predicted octanol–water partition coefficient (Wildman–Crippen LogP) is 1.68. The summed E-state index contributed by atoms with van der Waals surface area (Å²) < 4.78 is 8.83. The molecule has 1 heterocycles. The summed E-state index contributed by atoms with van der Waals surface area (Å²) in [5, 5.41) is 5.88. The second-order valence-electron chi connectivity index (χ2n) is 4.80. The van der Waals surface area contributed by atoms with E-state index in [9.17, 15) is 9.59 Å². The van der Waals surface area contributed by atoms with E-state index in [2.05, 4.69) is 15.0 Å². The van der Waals surface area contributed by atoms with Crippen LogP contribution in [-0.4, -0.2) is 36.4 Å². The molecule has 0 unspecified atom stereocenters. The first-order chi connectivity index (χ1) is 11.5. The number of rotatable bonds is 7. The Hall–Kier alpha value is -2.16. The van der Waals surface area contributed by atoms with Crippen LogP contribution >= 0.6 is 23.1 Å². The van der Waals surface area contributed by atoms with Crippen LogP contribution in [0.5, 0.6) is 0 Å². The van der Waals surface area contributed by atoms with Gasteiger partial charge in [0.2, 0.25) is 0 Å². The molecule has 0 aliphatic rings. The Labute approximate surface area is 148 Å². The highest BCUT2D eigenvalue weighted by atomic mass is 35.5. The summed E-state index contributed by atoms with van der Waals surface area (Å²) >= 11 is 6.92. The van der Waals surface area contributed by atoms with Crippen molar-refractivity contribution in [2.24, 2.45) is 0 Å².